The summed E-state index contributed by atoms with van der Waals surface area (Å²) in [6.07, 6.45) is -2.41. The number of fused-ring (bicyclic) bond motifs is 1. The van der Waals surface area contributed by atoms with E-state index in [1.807, 2.05) is 0 Å². The average Bonchev–Trinajstić information content (AvgIpc) is 3.20. The summed E-state index contributed by atoms with van der Waals surface area (Å²) >= 11 is 5.84. The molecule has 2 N–H and O–H groups in total. The monoisotopic (exact) mass is 498 g/mol. The molecule has 1 aliphatic heterocycles. The summed E-state index contributed by atoms with van der Waals surface area (Å²) < 4.78 is 56.1. The van der Waals surface area contributed by atoms with Gasteiger partial charge in [0, 0.05) is 37.8 Å². The van der Waals surface area contributed by atoms with Crippen molar-refractivity contribution in [1.29, 1.82) is 0 Å². The highest BCUT2D eigenvalue weighted by molar-refractivity contribution is 6.30. The lowest BCUT2D eigenvalue weighted by atomic mass is 9.96. The fourth-order valence-corrected chi connectivity index (χ4v) is 4.76. The number of aromatic nitrogens is 1. The minimum Gasteiger partial charge on any atom is -0.367 e. The molecule has 6 nitrogen and oxygen atoms in total. The van der Waals surface area contributed by atoms with Gasteiger partial charge < -0.3 is 15.5 Å². The second-order valence-electron chi connectivity index (χ2n) is 8.66. The van der Waals surface area contributed by atoms with E-state index in [4.69, 9.17) is 11.6 Å². The standard InChI is InChI=1S/C23H23ClF4N4O2/c1-32(22(34)14-4-7-19(33)30-11-14)21(23(26,27)28)13-3-6-18(29-10-13)31-15-8-12-2-5-17(24)20(25)16(12)9-15/h2-3,5-6,10,14-15,21H,4,7-9,11H2,1H3,(H,29,31)(H,30,33)/t14-,15?,21?/m0/s1. The smallest absolute Gasteiger partial charge is 0.367 e. The summed E-state index contributed by atoms with van der Waals surface area (Å²) in [6, 6.07) is 3.61. The topological polar surface area (TPSA) is 74.3 Å². The Hall–Kier alpha value is -2.88. The highest BCUT2D eigenvalue weighted by atomic mass is 35.5. The number of anilines is 1. The van der Waals surface area contributed by atoms with Crippen LogP contribution >= 0.6 is 11.6 Å². The zero-order valence-corrected chi connectivity index (χ0v) is 19.0. The summed E-state index contributed by atoms with van der Waals surface area (Å²) in [5.41, 5.74) is 1.17. The second kappa shape index (κ2) is 9.40. The Morgan fingerprint density at radius 3 is 2.65 bits per heavy atom. The summed E-state index contributed by atoms with van der Waals surface area (Å²) in [5, 5.41) is 5.70. The molecular formula is C23H23ClF4N4O2. The fourth-order valence-electron chi connectivity index (χ4n) is 4.58. The van der Waals surface area contributed by atoms with Gasteiger partial charge in [-0.25, -0.2) is 9.37 Å². The molecular weight excluding hydrogens is 476 g/mol. The van der Waals surface area contributed by atoms with Crippen LogP contribution in [0.15, 0.2) is 30.5 Å². The fraction of sp³-hybridized carbons (Fsp3) is 0.435. The van der Waals surface area contributed by atoms with Crippen molar-refractivity contribution in [3.63, 3.8) is 0 Å². The van der Waals surface area contributed by atoms with Gasteiger partial charge in [0.2, 0.25) is 11.8 Å². The van der Waals surface area contributed by atoms with Crippen LogP contribution in [0.4, 0.5) is 23.4 Å². The summed E-state index contributed by atoms with van der Waals surface area (Å²) in [6.45, 7) is 0.0171. The number of halogens is 5. The van der Waals surface area contributed by atoms with Crippen molar-refractivity contribution < 1.29 is 27.2 Å². The van der Waals surface area contributed by atoms with Crippen LogP contribution in [-0.2, 0) is 22.4 Å². The molecule has 34 heavy (non-hydrogen) atoms. The molecule has 2 aliphatic rings. The van der Waals surface area contributed by atoms with Crippen LogP contribution in [0.5, 0.6) is 0 Å². The van der Waals surface area contributed by atoms with Gasteiger partial charge in [-0.2, -0.15) is 13.2 Å². The molecule has 11 heteroatoms. The van der Waals surface area contributed by atoms with Gasteiger partial charge in [-0.15, -0.1) is 0 Å². The molecule has 0 radical (unpaired) electrons. The highest BCUT2D eigenvalue weighted by Gasteiger charge is 2.46. The summed E-state index contributed by atoms with van der Waals surface area (Å²) in [4.78, 5) is 28.8. The van der Waals surface area contributed by atoms with E-state index in [9.17, 15) is 27.2 Å². The van der Waals surface area contributed by atoms with Crippen LogP contribution in [0.25, 0.3) is 0 Å². The molecule has 1 fully saturated rings. The van der Waals surface area contributed by atoms with Gasteiger partial charge in [-0.05, 0) is 42.5 Å². The Balaban J connectivity index is 1.46. The van der Waals surface area contributed by atoms with Gasteiger partial charge in [0.25, 0.3) is 0 Å². The molecule has 0 spiro atoms. The molecule has 2 unspecified atom stereocenters. The first-order chi connectivity index (χ1) is 16.0. The number of alkyl halides is 3. The number of nitrogens with one attached hydrogen (secondary N) is 2. The number of rotatable bonds is 5. The van der Waals surface area contributed by atoms with E-state index in [-0.39, 0.29) is 41.9 Å². The van der Waals surface area contributed by atoms with E-state index in [0.29, 0.717) is 29.1 Å². The van der Waals surface area contributed by atoms with E-state index in [1.54, 1.807) is 6.07 Å². The quantitative estimate of drug-likeness (QED) is 0.610. The molecule has 1 saturated heterocycles. The van der Waals surface area contributed by atoms with E-state index >= 15 is 0 Å². The second-order valence-corrected chi connectivity index (χ2v) is 9.07. The van der Waals surface area contributed by atoms with Crippen molar-refractivity contribution in [2.75, 3.05) is 18.9 Å². The highest BCUT2D eigenvalue weighted by Crippen LogP contribution is 2.38. The largest absolute Gasteiger partial charge is 0.413 e. The van der Waals surface area contributed by atoms with Crippen LogP contribution in [-0.4, -0.2) is 47.5 Å². The lowest BCUT2D eigenvalue weighted by Crippen LogP contribution is -2.47. The molecule has 3 atom stereocenters. The first-order valence-corrected chi connectivity index (χ1v) is 11.2. The Labute approximate surface area is 198 Å². The normalized spacial score (nSPS) is 20.9. The predicted octanol–water partition coefficient (Wildman–Crippen LogP) is 4.04. The van der Waals surface area contributed by atoms with Crippen molar-refractivity contribution in [2.45, 2.75) is 43.9 Å². The third-order valence-electron chi connectivity index (χ3n) is 6.32. The molecule has 2 heterocycles. The van der Waals surface area contributed by atoms with Crippen molar-refractivity contribution in [2.24, 2.45) is 5.92 Å². The number of piperidine rings is 1. The summed E-state index contributed by atoms with van der Waals surface area (Å²) in [7, 11) is 1.11. The third-order valence-corrected chi connectivity index (χ3v) is 6.62. The van der Waals surface area contributed by atoms with Gasteiger partial charge in [0.05, 0.1) is 10.9 Å². The van der Waals surface area contributed by atoms with Crippen LogP contribution in [0.1, 0.15) is 35.6 Å². The maximum atomic E-state index is 14.2. The number of hydrogen-bond acceptors (Lipinski definition) is 4. The van der Waals surface area contributed by atoms with Crippen molar-refractivity contribution in [1.82, 2.24) is 15.2 Å². The zero-order chi connectivity index (χ0) is 24.6. The Kier molecular flexibility index (Phi) is 6.71. The molecule has 1 aromatic heterocycles. The van der Waals surface area contributed by atoms with Gasteiger partial charge >= 0.3 is 6.18 Å². The average molecular weight is 499 g/mol. The molecule has 4 rings (SSSR count). The molecule has 182 valence electrons. The lowest BCUT2D eigenvalue weighted by molar-refractivity contribution is -0.190. The number of carbonyl (C=O) groups is 2. The van der Waals surface area contributed by atoms with Gasteiger partial charge in [0.15, 0.2) is 6.04 Å². The SMILES string of the molecule is CN(C(=O)[C@H]1CCC(=O)NC1)C(c1ccc(NC2Cc3ccc(Cl)c(F)c3C2)nc1)C(F)(F)F. The van der Waals surface area contributed by atoms with Crippen LogP contribution in [0, 0.1) is 11.7 Å². The van der Waals surface area contributed by atoms with Gasteiger partial charge in [-0.3, -0.25) is 9.59 Å². The first-order valence-electron chi connectivity index (χ1n) is 10.8. The van der Waals surface area contributed by atoms with E-state index < -0.39 is 29.9 Å². The molecule has 0 saturated carbocycles. The van der Waals surface area contributed by atoms with Crippen LogP contribution < -0.4 is 10.6 Å². The van der Waals surface area contributed by atoms with Crippen molar-refractivity contribution in [3.05, 3.63) is 58.0 Å². The van der Waals surface area contributed by atoms with E-state index in [2.05, 4.69) is 15.6 Å². The molecule has 2 amide bonds. The predicted molar refractivity (Wildman–Crippen MR) is 118 cm³/mol. The lowest BCUT2D eigenvalue weighted by Gasteiger charge is -2.34. The third kappa shape index (κ3) is 4.96. The van der Waals surface area contributed by atoms with Crippen molar-refractivity contribution >= 4 is 29.2 Å². The zero-order valence-electron chi connectivity index (χ0n) is 18.3. The van der Waals surface area contributed by atoms with Gasteiger partial charge in [0.1, 0.15) is 11.6 Å². The Morgan fingerprint density at radius 2 is 2.03 bits per heavy atom. The maximum Gasteiger partial charge on any atom is 0.413 e. The minimum atomic E-state index is -4.72. The number of pyridine rings is 1. The van der Waals surface area contributed by atoms with E-state index in [1.165, 1.54) is 18.2 Å². The first kappa shape index (κ1) is 24.3. The Morgan fingerprint density at radius 1 is 1.26 bits per heavy atom. The molecule has 1 aromatic carbocycles. The van der Waals surface area contributed by atoms with E-state index in [0.717, 1.165) is 18.8 Å². The molecule has 2 aromatic rings. The van der Waals surface area contributed by atoms with Crippen LogP contribution in [0.3, 0.4) is 0 Å². The maximum absolute atomic E-state index is 14.2. The van der Waals surface area contributed by atoms with Crippen molar-refractivity contribution in [3.8, 4) is 0 Å². The number of carbonyl (C=O) groups excluding carboxylic acids is 2. The van der Waals surface area contributed by atoms with Gasteiger partial charge in [-0.1, -0.05) is 23.7 Å². The Bertz CT molecular complexity index is 1080. The number of nitrogens with zero attached hydrogens (tertiary/aromatic N) is 2. The summed E-state index contributed by atoms with van der Waals surface area (Å²) in [5.74, 6) is -1.72. The number of benzene rings is 1. The molecule has 1 aliphatic carbocycles. The van der Waals surface area contributed by atoms with Crippen LogP contribution in [0.2, 0.25) is 5.02 Å². The number of hydrogen-bond donors (Lipinski definition) is 2. The number of amides is 2. The minimum absolute atomic E-state index is 0.0171. The molecule has 0 bridgehead atoms.